The Morgan fingerprint density at radius 1 is 1.11 bits per heavy atom. The molecule has 0 bridgehead atoms. The first-order chi connectivity index (χ1) is 13.1. The number of aliphatic hydroxyl groups is 1. The van der Waals surface area contributed by atoms with Crippen molar-refractivity contribution in [3.05, 3.63) is 76.3 Å². The van der Waals surface area contributed by atoms with E-state index in [0.717, 1.165) is 0 Å². The summed E-state index contributed by atoms with van der Waals surface area (Å²) in [5, 5.41) is 11.3. The van der Waals surface area contributed by atoms with E-state index in [0.29, 0.717) is 35.7 Å². The van der Waals surface area contributed by atoms with Crippen LogP contribution in [0.4, 0.5) is 0 Å². The Kier molecular flexibility index (Phi) is 5.94. The standard InChI is InChI=1S/C21H20ClNO4/c1-27-13-7-12-23-18(15-10-5-6-11-16(15)22)17(20(25)21(23)26)19(24)14-8-3-2-4-9-14/h2-6,8-11,18,24H,7,12-13H2,1H3/b19-17+. The van der Waals surface area contributed by atoms with Gasteiger partial charge in [-0.25, -0.2) is 0 Å². The molecule has 1 aliphatic heterocycles. The Labute approximate surface area is 162 Å². The van der Waals surface area contributed by atoms with Crippen LogP contribution >= 0.6 is 11.6 Å². The molecule has 1 fully saturated rings. The van der Waals surface area contributed by atoms with Crippen LogP contribution in [0.25, 0.3) is 5.76 Å². The van der Waals surface area contributed by atoms with Gasteiger partial charge < -0.3 is 14.7 Å². The summed E-state index contributed by atoms with van der Waals surface area (Å²) in [4.78, 5) is 26.9. The van der Waals surface area contributed by atoms with Gasteiger partial charge in [0.2, 0.25) is 0 Å². The molecule has 1 aliphatic rings. The predicted octanol–water partition coefficient (Wildman–Crippen LogP) is 3.80. The third kappa shape index (κ3) is 3.75. The highest BCUT2D eigenvalue weighted by molar-refractivity contribution is 6.47. The number of Topliss-reactive ketones (excluding diaryl/α,β-unsaturated/α-hetero) is 1. The molecule has 0 aromatic heterocycles. The van der Waals surface area contributed by atoms with Crippen molar-refractivity contribution in [1.29, 1.82) is 0 Å². The van der Waals surface area contributed by atoms with Gasteiger partial charge in [-0.05, 0) is 18.1 Å². The number of benzene rings is 2. The Hall–Kier alpha value is -2.63. The Bertz CT molecular complexity index is 879. The lowest BCUT2D eigenvalue weighted by molar-refractivity contribution is -0.140. The number of amides is 1. The fourth-order valence-corrected chi connectivity index (χ4v) is 3.50. The number of carbonyl (C=O) groups is 2. The molecule has 1 heterocycles. The molecule has 1 amide bonds. The number of methoxy groups -OCH3 is 1. The van der Waals surface area contributed by atoms with E-state index >= 15 is 0 Å². The molecule has 1 saturated heterocycles. The molecule has 6 heteroatoms. The Balaban J connectivity index is 2.14. The van der Waals surface area contributed by atoms with Gasteiger partial charge in [-0.1, -0.05) is 60.1 Å². The van der Waals surface area contributed by atoms with Crippen LogP contribution in [0, 0.1) is 0 Å². The van der Waals surface area contributed by atoms with Crippen LogP contribution in [-0.4, -0.2) is 42.0 Å². The fourth-order valence-electron chi connectivity index (χ4n) is 3.26. The van der Waals surface area contributed by atoms with Crippen molar-refractivity contribution in [2.45, 2.75) is 12.5 Å². The van der Waals surface area contributed by atoms with E-state index in [4.69, 9.17) is 16.3 Å². The zero-order valence-corrected chi connectivity index (χ0v) is 15.6. The number of rotatable bonds is 6. The maximum absolute atomic E-state index is 12.8. The SMILES string of the molecule is COCCCN1C(=O)C(=O)/C(=C(/O)c2ccccc2)C1c1ccccc1Cl. The molecule has 1 atom stereocenters. The molecule has 0 saturated carbocycles. The second-order valence-electron chi connectivity index (χ2n) is 6.23. The van der Waals surface area contributed by atoms with Crippen molar-refractivity contribution in [2.75, 3.05) is 20.3 Å². The Morgan fingerprint density at radius 2 is 1.78 bits per heavy atom. The molecule has 0 aliphatic carbocycles. The topological polar surface area (TPSA) is 66.8 Å². The summed E-state index contributed by atoms with van der Waals surface area (Å²) in [7, 11) is 1.58. The number of aliphatic hydroxyl groups excluding tert-OH is 1. The maximum Gasteiger partial charge on any atom is 0.295 e. The largest absolute Gasteiger partial charge is 0.507 e. The molecule has 1 unspecified atom stereocenters. The molecular formula is C21H20ClNO4. The maximum atomic E-state index is 12.8. The third-order valence-electron chi connectivity index (χ3n) is 4.53. The van der Waals surface area contributed by atoms with Crippen LogP contribution in [0.1, 0.15) is 23.6 Å². The summed E-state index contributed by atoms with van der Waals surface area (Å²) in [6.07, 6.45) is 0.565. The lowest BCUT2D eigenvalue weighted by Gasteiger charge is -2.26. The van der Waals surface area contributed by atoms with Crippen LogP contribution < -0.4 is 0 Å². The normalized spacial score (nSPS) is 18.9. The van der Waals surface area contributed by atoms with Crippen molar-refractivity contribution in [1.82, 2.24) is 4.90 Å². The highest BCUT2D eigenvalue weighted by Gasteiger charge is 2.46. The van der Waals surface area contributed by atoms with Crippen molar-refractivity contribution < 1.29 is 19.4 Å². The minimum atomic E-state index is -0.740. The van der Waals surface area contributed by atoms with Gasteiger partial charge in [-0.3, -0.25) is 9.59 Å². The van der Waals surface area contributed by atoms with Gasteiger partial charge in [0, 0.05) is 30.8 Å². The van der Waals surface area contributed by atoms with Crippen molar-refractivity contribution in [3.63, 3.8) is 0 Å². The van der Waals surface area contributed by atoms with Crippen molar-refractivity contribution >= 4 is 29.1 Å². The van der Waals surface area contributed by atoms with E-state index < -0.39 is 17.7 Å². The fraction of sp³-hybridized carbons (Fsp3) is 0.238. The quantitative estimate of drug-likeness (QED) is 0.355. The van der Waals surface area contributed by atoms with Crippen LogP contribution in [0.2, 0.25) is 5.02 Å². The van der Waals surface area contributed by atoms with Crippen molar-refractivity contribution in [3.8, 4) is 0 Å². The van der Waals surface area contributed by atoms with E-state index in [1.807, 2.05) is 6.07 Å². The molecule has 27 heavy (non-hydrogen) atoms. The minimum absolute atomic E-state index is 0.0525. The lowest BCUT2D eigenvalue weighted by Crippen LogP contribution is -2.31. The first kappa shape index (κ1) is 19.1. The predicted molar refractivity (Wildman–Crippen MR) is 103 cm³/mol. The smallest absolute Gasteiger partial charge is 0.295 e. The van der Waals surface area contributed by atoms with Gasteiger partial charge in [0.25, 0.3) is 11.7 Å². The molecule has 2 aromatic carbocycles. The van der Waals surface area contributed by atoms with E-state index in [1.54, 1.807) is 55.6 Å². The lowest BCUT2D eigenvalue weighted by atomic mass is 9.95. The van der Waals surface area contributed by atoms with Gasteiger partial charge in [-0.15, -0.1) is 0 Å². The molecular weight excluding hydrogens is 366 g/mol. The van der Waals surface area contributed by atoms with Gasteiger partial charge in [-0.2, -0.15) is 0 Å². The van der Waals surface area contributed by atoms with Crippen LogP contribution in [-0.2, 0) is 14.3 Å². The number of nitrogens with zero attached hydrogens (tertiary/aromatic N) is 1. The summed E-state index contributed by atoms with van der Waals surface area (Å²) in [5.74, 6) is -1.56. The second-order valence-corrected chi connectivity index (χ2v) is 6.63. The number of carbonyl (C=O) groups excluding carboxylic acids is 2. The van der Waals surface area contributed by atoms with Crippen LogP contribution in [0.3, 0.4) is 0 Å². The monoisotopic (exact) mass is 385 g/mol. The highest BCUT2D eigenvalue weighted by Crippen LogP contribution is 2.41. The van der Waals surface area contributed by atoms with Gasteiger partial charge in [0.05, 0.1) is 11.6 Å². The molecule has 140 valence electrons. The first-order valence-electron chi connectivity index (χ1n) is 8.63. The first-order valence-corrected chi connectivity index (χ1v) is 9.01. The second kappa shape index (κ2) is 8.37. The average Bonchev–Trinajstić information content (AvgIpc) is 2.93. The van der Waals surface area contributed by atoms with Crippen LogP contribution in [0.5, 0.6) is 0 Å². The average molecular weight is 386 g/mol. The zero-order valence-electron chi connectivity index (χ0n) is 14.9. The zero-order chi connectivity index (χ0) is 19.4. The van der Waals surface area contributed by atoms with E-state index in [-0.39, 0.29) is 11.3 Å². The third-order valence-corrected chi connectivity index (χ3v) is 4.88. The molecule has 3 rings (SSSR count). The van der Waals surface area contributed by atoms with Crippen LogP contribution in [0.15, 0.2) is 60.2 Å². The van der Waals surface area contributed by atoms with E-state index in [9.17, 15) is 14.7 Å². The van der Waals surface area contributed by atoms with Gasteiger partial charge in [0.15, 0.2) is 0 Å². The summed E-state index contributed by atoms with van der Waals surface area (Å²) < 4.78 is 5.06. The number of ketones is 1. The van der Waals surface area contributed by atoms with Gasteiger partial charge in [0.1, 0.15) is 5.76 Å². The number of hydrogen-bond acceptors (Lipinski definition) is 4. The molecule has 1 N–H and O–H groups in total. The number of halogens is 1. The summed E-state index contributed by atoms with van der Waals surface area (Å²) in [6.45, 7) is 0.775. The van der Waals surface area contributed by atoms with E-state index in [1.165, 1.54) is 4.90 Å². The number of ether oxygens (including phenoxy) is 1. The molecule has 2 aromatic rings. The molecule has 0 spiro atoms. The summed E-state index contributed by atoms with van der Waals surface area (Å²) in [5.41, 5.74) is 1.13. The van der Waals surface area contributed by atoms with Crippen molar-refractivity contribution in [2.24, 2.45) is 0 Å². The minimum Gasteiger partial charge on any atom is -0.507 e. The number of hydrogen-bond donors (Lipinski definition) is 1. The summed E-state index contributed by atoms with van der Waals surface area (Å²) in [6, 6.07) is 15.0. The van der Waals surface area contributed by atoms with Gasteiger partial charge >= 0.3 is 0 Å². The van der Waals surface area contributed by atoms with E-state index in [2.05, 4.69) is 0 Å². The molecule has 0 radical (unpaired) electrons. The number of likely N-dealkylation sites (tertiary alicyclic amines) is 1. The Morgan fingerprint density at radius 3 is 2.44 bits per heavy atom. The molecule has 5 nitrogen and oxygen atoms in total. The highest BCUT2D eigenvalue weighted by atomic mass is 35.5. The summed E-state index contributed by atoms with van der Waals surface area (Å²) >= 11 is 6.36.